The molecule has 1 aromatic rings. The van der Waals surface area contributed by atoms with Crippen LogP contribution in [0.1, 0.15) is 93.1 Å². The molecule has 1 aromatic carbocycles. The van der Waals surface area contributed by atoms with Crippen molar-refractivity contribution in [1.82, 2.24) is 36.0 Å². The van der Waals surface area contributed by atoms with E-state index >= 15 is 0 Å². The third kappa shape index (κ3) is 13.7. The van der Waals surface area contributed by atoms with Crippen LogP contribution in [0, 0.1) is 23.7 Å². The summed E-state index contributed by atoms with van der Waals surface area (Å²) >= 11 is 0. The average molecular weight is 828 g/mol. The predicted molar refractivity (Wildman–Crippen MR) is 231 cm³/mol. The minimum Gasteiger partial charge on any atom is -0.379 e. The Hall–Kier alpha value is -3.59. The van der Waals surface area contributed by atoms with Gasteiger partial charge in [0, 0.05) is 67.0 Å². The van der Waals surface area contributed by atoms with Crippen molar-refractivity contribution in [2.45, 2.75) is 136 Å². The standard InChI is InChI=1S/C45H77N7O7/c1-12-21-47-43(55)34(27-33-18-15-14-16-19-33)48-42(54)32(8)41(59-11)35-20-17-24-52(35)37(53)28-36(58-10)40(31(7)13-2)50(9)45(57)38(29(3)4)49-44(56)39(30(5)6)51-25-22-46-23-26-51/h14-16,18-19,29-32,34-36,38-41,46H,12-13,17,20-28H2,1-11H3,(H,47,55)(H,48,54)(H,49,56)/t31-,32+,34-,35-,36?,38-,39-,40-,41+/m0/s1. The van der Waals surface area contributed by atoms with Gasteiger partial charge in [0.1, 0.15) is 12.1 Å². The van der Waals surface area contributed by atoms with Crippen molar-refractivity contribution < 1.29 is 33.4 Å². The van der Waals surface area contributed by atoms with Crippen LogP contribution < -0.4 is 21.3 Å². The van der Waals surface area contributed by atoms with Crippen LogP contribution in [0.5, 0.6) is 0 Å². The molecule has 0 aliphatic carbocycles. The molecule has 0 aromatic heterocycles. The first kappa shape index (κ1) is 49.8. The maximum absolute atomic E-state index is 14.5. The number of methoxy groups -OCH3 is 2. The fourth-order valence-corrected chi connectivity index (χ4v) is 8.86. The molecule has 2 saturated heterocycles. The van der Waals surface area contributed by atoms with E-state index in [-0.39, 0.29) is 65.8 Å². The molecule has 0 saturated carbocycles. The number of amides is 5. The number of nitrogens with one attached hydrogen (secondary N) is 4. The lowest BCUT2D eigenvalue weighted by molar-refractivity contribution is -0.148. The van der Waals surface area contributed by atoms with E-state index in [4.69, 9.17) is 9.47 Å². The minimum atomic E-state index is -0.773. The van der Waals surface area contributed by atoms with Crippen molar-refractivity contribution in [3.63, 3.8) is 0 Å². The van der Waals surface area contributed by atoms with Crippen molar-refractivity contribution in [3.8, 4) is 0 Å². The Morgan fingerprint density at radius 1 is 0.864 bits per heavy atom. The van der Waals surface area contributed by atoms with Gasteiger partial charge in [-0.2, -0.15) is 0 Å². The normalized spacial score (nSPS) is 20.2. The molecule has 0 bridgehead atoms. The Kier molecular flexibility index (Phi) is 20.8. The van der Waals surface area contributed by atoms with Crippen molar-refractivity contribution in [3.05, 3.63) is 35.9 Å². The molecule has 14 nitrogen and oxygen atoms in total. The minimum absolute atomic E-state index is 0.0184. The summed E-state index contributed by atoms with van der Waals surface area (Å²) in [6.07, 6.45) is 2.00. The molecule has 3 rings (SSSR count). The number of hydrogen-bond donors (Lipinski definition) is 4. The summed E-state index contributed by atoms with van der Waals surface area (Å²) in [6.45, 7) is 20.0. The Morgan fingerprint density at radius 2 is 1.53 bits per heavy atom. The average Bonchev–Trinajstić information content (AvgIpc) is 3.71. The Bertz CT molecular complexity index is 1470. The Labute approximate surface area is 354 Å². The summed E-state index contributed by atoms with van der Waals surface area (Å²) in [6, 6.07) is 6.85. The van der Waals surface area contributed by atoms with E-state index in [9.17, 15) is 24.0 Å². The molecule has 2 fully saturated rings. The number of benzene rings is 1. The van der Waals surface area contributed by atoms with Gasteiger partial charge in [-0.3, -0.25) is 28.9 Å². The summed E-state index contributed by atoms with van der Waals surface area (Å²) in [7, 11) is 4.88. The third-order valence-corrected chi connectivity index (χ3v) is 12.4. The van der Waals surface area contributed by atoms with Crippen LogP contribution >= 0.6 is 0 Å². The van der Waals surface area contributed by atoms with Gasteiger partial charge >= 0.3 is 0 Å². The largest absolute Gasteiger partial charge is 0.379 e. The van der Waals surface area contributed by atoms with E-state index in [2.05, 4.69) is 40.0 Å². The number of rotatable bonds is 23. The zero-order valence-corrected chi connectivity index (χ0v) is 37.9. The number of ether oxygens (including phenoxy) is 2. The van der Waals surface area contributed by atoms with Gasteiger partial charge in [-0.05, 0) is 42.6 Å². The topological polar surface area (TPSA) is 162 Å². The smallest absolute Gasteiger partial charge is 0.245 e. The van der Waals surface area contributed by atoms with Crippen molar-refractivity contribution in [2.75, 3.05) is 60.5 Å². The molecule has 334 valence electrons. The zero-order valence-electron chi connectivity index (χ0n) is 37.9. The number of likely N-dealkylation sites (N-methyl/N-ethyl adjacent to an activating group) is 1. The maximum atomic E-state index is 14.5. The van der Waals surface area contributed by atoms with Gasteiger partial charge in [0.2, 0.25) is 29.5 Å². The fourth-order valence-electron chi connectivity index (χ4n) is 8.86. The van der Waals surface area contributed by atoms with Crippen molar-refractivity contribution >= 4 is 29.5 Å². The highest BCUT2D eigenvalue weighted by molar-refractivity contribution is 5.91. The van der Waals surface area contributed by atoms with Gasteiger partial charge in [0.25, 0.3) is 0 Å². The van der Waals surface area contributed by atoms with E-state index in [1.54, 1.807) is 38.0 Å². The molecule has 2 aliphatic rings. The molecular weight excluding hydrogens is 751 g/mol. The summed E-state index contributed by atoms with van der Waals surface area (Å²) in [5.74, 6) is -1.91. The first-order valence-electron chi connectivity index (χ1n) is 22.1. The highest BCUT2D eigenvalue weighted by Gasteiger charge is 2.43. The fraction of sp³-hybridized carbons (Fsp3) is 0.756. The lowest BCUT2D eigenvalue weighted by Gasteiger charge is -2.41. The number of piperazine rings is 1. The van der Waals surface area contributed by atoms with Crippen LogP contribution in [0.3, 0.4) is 0 Å². The Morgan fingerprint density at radius 3 is 2.08 bits per heavy atom. The number of nitrogens with zero attached hydrogens (tertiary/aromatic N) is 3. The van der Waals surface area contributed by atoms with Crippen LogP contribution in [0.2, 0.25) is 0 Å². The van der Waals surface area contributed by atoms with Crippen LogP contribution in [0.4, 0.5) is 0 Å². The first-order valence-corrected chi connectivity index (χ1v) is 22.1. The van der Waals surface area contributed by atoms with Crippen molar-refractivity contribution in [2.24, 2.45) is 23.7 Å². The Balaban J connectivity index is 1.78. The number of likely N-dealkylation sites (tertiary alicyclic amines) is 1. The van der Waals surface area contributed by atoms with Crippen LogP contribution in [0.25, 0.3) is 0 Å². The summed E-state index contributed by atoms with van der Waals surface area (Å²) in [5.41, 5.74) is 0.929. The molecule has 4 N–H and O–H groups in total. The van der Waals surface area contributed by atoms with Crippen LogP contribution in [-0.2, 0) is 39.9 Å². The molecule has 2 heterocycles. The molecular formula is C45H77N7O7. The molecule has 14 heteroatoms. The SMILES string of the molecule is CCCNC(=O)[C@H](Cc1ccccc1)NC(=O)[C@H](C)[C@@H](OC)[C@@H]1CCCN1C(=O)CC(OC)[C@H]([C@@H](C)CC)N(C)C(=O)[C@@H](NC(=O)[C@H](C(C)C)N1CCNCC1)C(C)C. The highest BCUT2D eigenvalue weighted by atomic mass is 16.5. The molecule has 1 unspecified atom stereocenters. The lowest BCUT2D eigenvalue weighted by atomic mass is 9.89. The third-order valence-electron chi connectivity index (χ3n) is 12.4. The van der Waals surface area contributed by atoms with E-state index in [1.165, 1.54) is 0 Å². The maximum Gasteiger partial charge on any atom is 0.245 e. The second-order valence-corrected chi connectivity index (χ2v) is 17.3. The van der Waals surface area contributed by atoms with Gasteiger partial charge in [0.05, 0.1) is 42.7 Å². The molecule has 9 atom stereocenters. The molecule has 0 radical (unpaired) electrons. The second kappa shape index (κ2) is 24.6. The van der Waals surface area contributed by atoms with E-state index in [0.717, 1.165) is 51.0 Å². The monoisotopic (exact) mass is 828 g/mol. The van der Waals surface area contributed by atoms with E-state index in [1.807, 2.05) is 65.0 Å². The molecule has 0 spiro atoms. The van der Waals surface area contributed by atoms with Gasteiger partial charge in [-0.25, -0.2) is 0 Å². The predicted octanol–water partition coefficient (Wildman–Crippen LogP) is 3.23. The summed E-state index contributed by atoms with van der Waals surface area (Å²) < 4.78 is 12.1. The van der Waals surface area contributed by atoms with Gasteiger partial charge in [-0.1, -0.05) is 92.1 Å². The van der Waals surface area contributed by atoms with Gasteiger partial charge in [0.15, 0.2) is 0 Å². The summed E-state index contributed by atoms with van der Waals surface area (Å²) in [4.78, 5) is 75.5. The summed E-state index contributed by atoms with van der Waals surface area (Å²) in [5, 5.41) is 12.4. The molecule has 59 heavy (non-hydrogen) atoms. The van der Waals surface area contributed by atoms with E-state index < -0.39 is 36.3 Å². The molecule has 2 aliphatic heterocycles. The highest BCUT2D eigenvalue weighted by Crippen LogP contribution is 2.30. The number of carbonyl (C=O) groups is 5. The lowest BCUT2D eigenvalue weighted by Crippen LogP contribution is -2.61. The number of carbonyl (C=O) groups excluding carboxylic acids is 5. The zero-order chi connectivity index (χ0) is 43.8. The quantitative estimate of drug-likeness (QED) is 0.130. The van der Waals surface area contributed by atoms with Crippen LogP contribution in [0.15, 0.2) is 30.3 Å². The van der Waals surface area contributed by atoms with Crippen LogP contribution in [-0.4, -0.2) is 147 Å². The van der Waals surface area contributed by atoms with Gasteiger partial charge in [-0.15, -0.1) is 0 Å². The second-order valence-electron chi connectivity index (χ2n) is 17.3. The van der Waals surface area contributed by atoms with E-state index in [0.29, 0.717) is 25.9 Å². The number of hydrogen-bond acceptors (Lipinski definition) is 9. The van der Waals surface area contributed by atoms with Gasteiger partial charge < -0.3 is 40.5 Å². The van der Waals surface area contributed by atoms with Crippen molar-refractivity contribution in [1.29, 1.82) is 0 Å². The molecule has 5 amide bonds. The first-order chi connectivity index (χ1) is 28.1.